The quantitative estimate of drug-likeness (QED) is 0.790. The van der Waals surface area contributed by atoms with Gasteiger partial charge in [0.2, 0.25) is 16.0 Å². The van der Waals surface area contributed by atoms with Crippen LogP contribution in [0, 0.1) is 0 Å². The van der Waals surface area contributed by atoms with Crippen molar-refractivity contribution in [1.82, 2.24) is 20.0 Å². The molecule has 1 aromatic heterocycles. The highest BCUT2D eigenvalue weighted by Gasteiger charge is 2.37. The molecular weight excluding hydrogens is 355 g/mol. The van der Waals surface area contributed by atoms with Gasteiger partial charge in [0.25, 0.3) is 0 Å². The third-order valence-corrected chi connectivity index (χ3v) is 5.85. The van der Waals surface area contributed by atoms with E-state index in [0.29, 0.717) is 37.5 Å². The zero-order valence-corrected chi connectivity index (χ0v) is 14.9. The van der Waals surface area contributed by atoms with E-state index in [9.17, 15) is 18.0 Å². The lowest BCUT2D eigenvalue weighted by Crippen LogP contribution is -2.54. The van der Waals surface area contributed by atoms with Gasteiger partial charge < -0.3 is 9.80 Å². The molecule has 1 aromatic rings. The third kappa shape index (κ3) is 4.22. The van der Waals surface area contributed by atoms with Crippen LogP contribution >= 0.6 is 11.3 Å². The molecule has 140 valence electrons. The molecule has 0 saturated carbocycles. The highest BCUT2D eigenvalue weighted by atomic mass is 32.1. The maximum atomic E-state index is 12.8. The van der Waals surface area contributed by atoms with Crippen molar-refractivity contribution in [2.24, 2.45) is 0 Å². The number of halogens is 3. The summed E-state index contributed by atoms with van der Waals surface area (Å²) < 4.78 is 37.9. The van der Waals surface area contributed by atoms with Gasteiger partial charge >= 0.3 is 6.18 Å². The minimum atomic E-state index is -4.46. The van der Waals surface area contributed by atoms with E-state index < -0.39 is 11.2 Å². The number of alkyl halides is 3. The number of likely N-dealkylation sites (N-methyl/N-ethyl adjacent to an activating group) is 1. The van der Waals surface area contributed by atoms with Gasteiger partial charge in [0.15, 0.2) is 0 Å². The molecule has 3 rings (SSSR count). The molecule has 3 heterocycles. The zero-order valence-electron chi connectivity index (χ0n) is 14.1. The molecule has 1 amide bonds. The second-order valence-electron chi connectivity index (χ2n) is 6.55. The van der Waals surface area contributed by atoms with Gasteiger partial charge in [-0.2, -0.15) is 13.2 Å². The molecule has 6 nitrogen and oxygen atoms in total. The molecule has 1 atom stereocenters. The molecule has 0 aromatic carbocycles. The maximum Gasteiger partial charge on any atom is 0.445 e. The van der Waals surface area contributed by atoms with Gasteiger partial charge in [-0.15, -0.1) is 10.2 Å². The SMILES string of the molecule is CN1CCCCC[C@@H]1C(=O)N1CCN(c2nnc(C(F)(F)F)s2)CC1. The van der Waals surface area contributed by atoms with E-state index in [1.807, 2.05) is 11.9 Å². The number of carbonyl (C=O) groups is 1. The zero-order chi connectivity index (χ0) is 18.0. The highest BCUT2D eigenvalue weighted by Crippen LogP contribution is 2.34. The second kappa shape index (κ2) is 7.45. The third-order valence-electron chi connectivity index (χ3n) is 4.82. The topological polar surface area (TPSA) is 52.6 Å². The number of hydrogen-bond donors (Lipinski definition) is 0. The van der Waals surface area contributed by atoms with Crippen molar-refractivity contribution >= 4 is 22.4 Å². The van der Waals surface area contributed by atoms with E-state index in [0.717, 1.165) is 32.2 Å². The van der Waals surface area contributed by atoms with E-state index in [4.69, 9.17) is 0 Å². The minimum absolute atomic E-state index is 0.0765. The van der Waals surface area contributed by atoms with Crippen LogP contribution in [0.25, 0.3) is 0 Å². The largest absolute Gasteiger partial charge is 0.445 e. The van der Waals surface area contributed by atoms with Crippen molar-refractivity contribution in [3.05, 3.63) is 5.01 Å². The molecule has 0 unspecified atom stereocenters. The van der Waals surface area contributed by atoms with E-state index in [1.54, 1.807) is 4.90 Å². The Kier molecular flexibility index (Phi) is 5.47. The lowest BCUT2D eigenvalue weighted by molar-refractivity contribution is -0.138. The normalized spacial score (nSPS) is 23.6. The van der Waals surface area contributed by atoms with E-state index in [2.05, 4.69) is 15.1 Å². The first kappa shape index (κ1) is 18.4. The standard InChI is InChI=1S/C15H22F3N5OS/c1-21-6-4-2-3-5-11(21)12(24)22-7-9-23(10-8-22)14-20-19-13(25-14)15(16,17)18/h11H,2-10H2,1H3/t11-/m1/s1. The summed E-state index contributed by atoms with van der Waals surface area (Å²) in [5, 5.41) is 6.22. The molecule has 2 aliphatic heterocycles. The Morgan fingerprint density at radius 2 is 1.80 bits per heavy atom. The average molecular weight is 377 g/mol. The number of rotatable bonds is 2. The fourth-order valence-electron chi connectivity index (χ4n) is 3.35. The number of likely N-dealkylation sites (tertiary alicyclic amines) is 1. The van der Waals surface area contributed by atoms with Gasteiger partial charge in [0.05, 0.1) is 6.04 Å². The molecule has 0 N–H and O–H groups in total. The molecule has 0 bridgehead atoms. The Labute approximate surface area is 148 Å². The van der Waals surface area contributed by atoms with Gasteiger partial charge in [-0.05, 0) is 26.4 Å². The van der Waals surface area contributed by atoms with Crippen LogP contribution in [0.2, 0.25) is 0 Å². The fourth-order valence-corrected chi connectivity index (χ4v) is 4.11. The first-order valence-corrected chi connectivity index (χ1v) is 9.32. The van der Waals surface area contributed by atoms with Gasteiger partial charge in [0, 0.05) is 26.2 Å². The highest BCUT2D eigenvalue weighted by molar-refractivity contribution is 7.15. The number of piperazine rings is 1. The predicted molar refractivity (Wildman–Crippen MR) is 88.6 cm³/mol. The Balaban J connectivity index is 1.58. The molecule has 2 saturated heterocycles. The van der Waals surface area contributed by atoms with Crippen LogP contribution in [0.15, 0.2) is 0 Å². The second-order valence-corrected chi connectivity index (χ2v) is 7.50. The summed E-state index contributed by atoms with van der Waals surface area (Å²) in [7, 11) is 1.99. The van der Waals surface area contributed by atoms with Crippen LogP contribution in [-0.4, -0.2) is 71.7 Å². The van der Waals surface area contributed by atoms with Crippen LogP contribution in [0.5, 0.6) is 0 Å². The Morgan fingerprint density at radius 1 is 1.08 bits per heavy atom. The Bertz CT molecular complexity index is 600. The van der Waals surface area contributed by atoms with Crippen LogP contribution in [0.1, 0.15) is 30.7 Å². The number of carbonyl (C=O) groups excluding carboxylic acids is 1. The van der Waals surface area contributed by atoms with Crippen molar-refractivity contribution in [1.29, 1.82) is 0 Å². The molecule has 0 spiro atoms. The number of hydrogen-bond acceptors (Lipinski definition) is 6. The van der Waals surface area contributed by atoms with Crippen molar-refractivity contribution in [3.8, 4) is 0 Å². The number of nitrogens with zero attached hydrogens (tertiary/aromatic N) is 5. The molecule has 2 fully saturated rings. The van der Waals surface area contributed by atoms with Crippen molar-refractivity contribution < 1.29 is 18.0 Å². The van der Waals surface area contributed by atoms with E-state index in [1.165, 1.54) is 0 Å². The maximum absolute atomic E-state index is 12.8. The fraction of sp³-hybridized carbons (Fsp3) is 0.800. The Hall–Kier alpha value is -1.42. The van der Waals surface area contributed by atoms with E-state index >= 15 is 0 Å². The number of aromatic nitrogens is 2. The average Bonchev–Trinajstić information content (AvgIpc) is 2.99. The summed E-state index contributed by atoms with van der Waals surface area (Å²) in [6.45, 7) is 2.90. The first-order valence-electron chi connectivity index (χ1n) is 8.51. The number of anilines is 1. The monoisotopic (exact) mass is 377 g/mol. The molecule has 0 aliphatic carbocycles. The van der Waals surface area contributed by atoms with Crippen molar-refractivity contribution in [2.45, 2.75) is 37.9 Å². The lowest BCUT2D eigenvalue weighted by Gasteiger charge is -2.37. The predicted octanol–water partition coefficient (Wildman–Crippen LogP) is 2.08. The molecule has 10 heteroatoms. The van der Waals surface area contributed by atoms with E-state index in [-0.39, 0.29) is 17.1 Å². The molecular formula is C15H22F3N5OS. The number of amides is 1. The summed E-state index contributed by atoms with van der Waals surface area (Å²) >= 11 is 0.554. The van der Waals surface area contributed by atoms with Crippen molar-refractivity contribution in [3.63, 3.8) is 0 Å². The summed E-state index contributed by atoms with van der Waals surface area (Å²) in [5.41, 5.74) is 0. The van der Waals surface area contributed by atoms with Gasteiger partial charge in [-0.1, -0.05) is 24.2 Å². The van der Waals surface area contributed by atoms with Crippen LogP contribution in [-0.2, 0) is 11.0 Å². The Morgan fingerprint density at radius 3 is 2.44 bits per heavy atom. The summed E-state index contributed by atoms with van der Waals surface area (Å²) in [4.78, 5) is 18.5. The lowest BCUT2D eigenvalue weighted by atomic mass is 10.1. The molecule has 2 aliphatic rings. The van der Waals surface area contributed by atoms with Gasteiger partial charge in [0.1, 0.15) is 0 Å². The molecule has 0 radical (unpaired) electrons. The minimum Gasteiger partial charge on any atom is -0.343 e. The smallest absolute Gasteiger partial charge is 0.343 e. The van der Waals surface area contributed by atoms with Crippen LogP contribution < -0.4 is 4.90 Å². The molecule has 25 heavy (non-hydrogen) atoms. The van der Waals surface area contributed by atoms with Crippen molar-refractivity contribution in [2.75, 3.05) is 44.7 Å². The first-order chi connectivity index (χ1) is 11.9. The van der Waals surface area contributed by atoms with Crippen LogP contribution in [0.3, 0.4) is 0 Å². The van der Waals surface area contributed by atoms with Gasteiger partial charge in [-0.3, -0.25) is 9.69 Å². The van der Waals surface area contributed by atoms with Crippen LogP contribution in [0.4, 0.5) is 18.3 Å². The summed E-state index contributed by atoms with van der Waals surface area (Å²) in [6, 6.07) is -0.0765. The summed E-state index contributed by atoms with van der Waals surface area (Å²) in [6.07, 6.45) is -0.252. The van der Waals surface area contributed by atoms with Gasteiger partial charge in [-0.25, -0.2) is 0 Å². The summed E-state index contributed by atoms with van der Waals surface area (Å²) in [5.74, 6) is 0.136.